The lowest BCUT2D eigenvalue weighted by Gasteiger charge is -1.94. The van der Waals surface area contributed by atoms with Crippen LogP contribution in [0.4, 0.5) is 13.2 Å². The molecular weight excluding hydrogens is 243 g/mol. The van der Waals surface area contributed by atoms with Crippen LogP contribution in [0.5, 0.6) is 0 Å². The lowest BCUT2D eigenvalue weighted by molar-refractivity contribution is 0.373. The van der Waals surface area contributed by atoms with Gasteiger partial charge in [-0.3, -0.25) is 0 Å². The lowest BCUT2D eigenvalue weighted by Crippen LogP contribution is -1.81. The summed E-state index contributed by atoms with van der Waals surface area (Å²) in [6.45, 7) is 2.02. The summed E-state index contributed by atoms with van der Waals surface area (Å²) in [4.78, 5) is 5.23. The maximum Gasteiger partial charge on any atom is 0.301 e. The standard InChI is InChI=1S/C9H10F3NS2/c1-2-6-5-13-9(15-6)14-4-3-7(10)8(11)12/h5H,2-4H2,1H3. The van der Waals surface area contributed by atoms with Crippen molar-refractivity contribution in [2.75, 3.05) is 5.75 Å². The van der Waals surface area contributed by atoms with E-state index >= 15 is 0 Å². The molecule has 1 nitrogen and oxygen atoms in total. The van der Waals surface area contributed by atoms with E-state index < -0.39 is 11.9 Å². The van der Waals surface area contributed by atoms with Gasteiger partial charge in [0.15, 0.2) is 5.83 Å². The molecule has 6 heteroatoms. The first-order valence-electron chi connectivity index (χ1n) is 4.40. The first kappa shape index (κ1) is 12.6. The fourth-order valence-electron chi connectivity index (χ4n) is 0.842. The minimum absolute atomic E-state index is 0.242. The van der Waals surface area contributed by atoms with Gasteiger partial charge in [-0.25, -0.2) is 9.37 Å². The number of rotatable bonds is 5. The van der Waals surface area contributed by atoms with Gasteiger partial charge in [0.05, 0.1) is 0 Å². The molecule has 0 aliphatic carbocycles. The summed E-state index contributed by atoms with van der Waals surface area (Å²) in [5.74, 6) is -1.03. The van der Waals surface area contributed by atoms with Crippen molar-refractivity contribution in [1.82, 2.24) is 4.98 Å². The third-order valence-electron chi connectivity index (χ3n) is 1.63. The fraction of sp³-hybridized carbons (Fsp3) is 0.444. The molecule has 0 saturated heterocycles. The molecule has 0 aliphatic rings. The Bertz CT molecular complexity index is 345. The minimum Gasteiger partial charge on any atom is -0.238 e. The molecule has 0 amide bonds. The highest BCUT2D eigenvalue weighted by Crippen LogP contribution is 2.26. The first-order valence-corrected chi connectivity index (χ1v) is 6.20. The Labute approximate surface area is 94.4 Å². The van der Waals surface area contributed by atoms with Gasteiger partial charge in [-0.05, 0) is 6.42 Å². The molecule has 0 fully saturated rings. The van der Waals surface area contributed by atoms with Crippen molar-refractivity contribution in [3.8, 4) is 0 Å². The smallest absolute Gasteiger partial charge is 0.238 e. The molecule has 0 aromatic carbocycles. The number of thioether (sulfide) groups is 1. The molecule has 0 unspecified atom stereocenters. The molecule has 0 saturated carbocycles. The Morgan fingerprint density at radius 1 is 1.47 bits per heavy atom. The predicted molar refractivity (Wildman–Crippen MR) is 57.2 cm³/mol. The van der Waals surface area contributed by atoms with E-state index in [4.69, 9.17) is 0 Å². The van der Waals surface area contributed by atoms with Crippen LogP contribution >= 0.6 is 23.1 Å². The minimum atomic E-state index is -2.22. The van der Waals surface area contributed by atoms with Crippen LogP contribution in [0.3, 0.4) is 0 Å². The number of halogens is 3. The Morgan fingerprint density at radius 2 is 2.20 bits per heavy atom. The number of aryl methyl sites for hydroxylation is 1. The van der Waals surface area contributed by atoms with Crippen molar-refractivity contribution in [1.29, 1.82) is 0 Å². The van der Waals surface area contributed by atoms with E-state index in [0.717, 1.165) is 15.6 Å². The summed E-state index contributed by atoms with van der Waals surface area (Å²) in [6.07, 6.45) is 0.207. The van der Waals surface area contributed by atoms with Crippen molar-refractivity contribution in [2.45, 2.75) is 24.1 Å². The van der Waals surface area contributed by atoms with E-state index in [-0.39, 0.29) is 6.42 Å². The second kappa shape index (κ2) is 6.17. The maximum absolute atomic E-state index is 12.4. The SMILES string of the molecule is CCc1cnc(SCCC(F)=C(F)F)s1. The molecule has 15 heavy (non-hydrogen) atoms. The number of allylic oxidation sites excluding steroid dienone is 1. The van der Waals surface area contributed by atoms with E-state index in [2.05, 4.69) is 4.98 Å². The molecule has 1 aromatic rings. The molecule has 1 heterocycles. The number of nitrogens with zero attached hydrogens (tertiary/aromatic N) is 1. The van der Waals surface area contributed by atoms with Gasteiger partial charge in [0.2, 0.25) is 0 Å². The van der Waals surface area contributed by atoms with E-state index in [1.165, 1.54) is 23.1 Å². The average Bonchev–Trinajstić information content (AvgIpc) is 2.65. The van der Waals surface area contributed by atoms with Crippen molar-refractivity contribution >= 4 is 23.1 Å². The van der Waals surface area contributed by atoms with Gasteiger partial charge in [0.1, 0.15) is 4.34 Å². The van der Waals surface area contributed by atoms with Crippen LogP contribution in [0.15, 0.2) is 22.4 Å². The second-order valence-corrected chi connectivity index (χ2v) is 5.17. The average molecular weight is 253 g/mol. The highest BCUT2D eigenvalue weighted by Gasteiger charge is 2.06. The lowest BCUT2D eigenvalue weighted by atomic mass is 10.4. The highest BCUT2D eigenvalue weighted by atomic mass is 32.2. The van der Waals surface area contributed by atoms with Gasteiger partial charge in [0, 0.05) is 23.2 Å². The summed E-state index contributed by atoms with van der Waals surface area (Å²) < 4.78 is 36.6. The van der Waals surface area contributed by atoms with E-state index in [9.17, 15) is 13.2 Å². The number of thiazole rings is 1. The van der Waals surface area contributed by atoms with Gasteiger partial charge in [-0.15, -0.1) is 11.3 Å². The van der Waals surface area contributed by atoms with Crippen LogP contribution in [0.1, 0.15) is 18.2 Å². The van der Waals surface area contributed by atoms with Crippen molar-refractivity contribution in [3.63, 3.8) is 0 Å². The zero-order valence-electron chi connectivity index (χ0n) is 8.10. The van der Waals surface area contributed by atoms with Crippen molar-refractivity contribution in [3.05, 3.63) is 23.0 Å². The Hall–Kier alpha value is -0.490. The normalized spacial score (nSPS) is 10.4. The number of hydrogen-bond donors (Lipinski definition) is 0. The molecule has 84 valence electrons. The van der Waals surface area contributed by atoms with Crippen LogP contribution in [-0.2, 0) is 6.42 Å². The van der Waals surface area contributed by atoms with Gasteiger partial charge in [-0.1, -0.05) is 18.7 Å². The number of hydrogen-bond acceptors (Lipinski definition) is 3. The highest BCUT2D eigenvalue weighted by molar-refractivity contribution is 8.01. The van der Waals surface area contributed by atoms with Gasteiger partial charge in [0.25, 0.3) is 0 Å². The van der Waals surface area contributed by atoms with Crippen molar-refractivity contribution < 1.29 is 13.2 Å². The molecule has 0 aliphatic heterocycles. The summed E-state index contributed by atoms with van der Waals surface area (Å²) in [6, 6.07) is 0. The maximum atomic E-state index is 12.4. The number of aromatic nitrogens is 1. The second-order valence-electron chi connectivity index (χ2n) is 2.71. The molecule has 0 atom stereocenters. The van der Waals surface area contributed by atoms with Crippen LogP contribution in [0.2, 0.25) is 0 Å². The van der Waals surface area contributed by atoms with Gasteiger partial charge in [-0.2, -0.15) is 8.78 Å². The molecule has 0 N–H and O–H groups in total. The van der Waals surface area contributed by atoms with Crippen LogP contribution in [0, 0.1) is 0 Å². The summed E-state index contributed by atoms with van der Waals surface area (Å²) in [5.41, 5.74) is 0. The quantitative estimate of drug-likeness (QED) is 0.727. The molecule has 0 bridgehead atoms. The topological polar surface area (TPSA) is 12.9 Å². The third kappa shape index (κ3) is 4.25. The van der Waals surface area contributed by atoms with Crippen LogP contribution < -0.4 is 0 Å². The third-order valence-corrected chi connectivity index (χ3v) is 3.93. The molecule has 1 aromatic heterocycles. The van der Waals surface area contributed by atoms with Gasteiger partial charge >= 0.3 is 6.08 Å². The monoisotopic (exact) mass is 253 g/mol. The van der Waals surface area contributed by atoms with E-state index in [1.807, 2.05) is 6.92 Å². The summed E-state index contributed by atoms with van der Waals surface area (Å²) >= 11 is 2.82. The Morgan fingerprint density at radius 3 is 2.73 bits per heavy atom. The molecule has 0 radical (unpaired) electrons. The van der Waals surface area contributed by atoms with Crippen LogP contribution in [-0.4, -0.2) is 10.7 Å². The largest absolute Gasteiger partial charge is 0.301 e. The van der Waals surface area contributed by atoms with E-state index in [0.29, 0.717) is 5.75 Å². The van der Waals surface area contributed by atoms with Crippen LogP contribution in [0.25, 0.3) is 0 Å². The van der Waals surface area contributed by atoms with E-state index in [1.54, 1.807) is 6.20 Å². The first-order chi connectivity index (χ1) is 7.13. The zero-order chi connectivity index (χ0) is 11.3. The molecule has 0 spiro atoms. The predicted octanol–water partition coefficient (Wildman–Crippen LogP) is 4.27. The Balaban J connectivity index is 2.35. The summed E-state index contributed by atoms with van der Waals surface area (Å²) in [7, 11) is 0. The Kier molecular flexibility index (Phi) is 5.17. The fourth-order valence-corrected chi connectivity index (χ4v) is 2.81. The molecule has 1 rings (SSSR count). The molecular formula is C9H10F3NS2. The van der Waals surface area contributed by atoms with Gasteiger partial charge < -0.3 is 0 Å². The summed E-state index contributed by atoms with van der Waals surface area (Å²) in [5, 5.41) is 0. The zero-order valence-corrected chi connectivity index (χ0v) is 9.73. The van der Waals surface area contributed by atoms with Crippen molar-refractivity contribution in [2.24, 2.45) is 0 Å².